The smallest absolute Gasteiger partial charge is 0.255 e. The number of hydrogen-bond donors (Lipinski definition) is 1. The van der Waals surface area contributed by atoms with E-state index in [1.807, 2.05) is 0 Å². The van der Waals surface area contributed by atoms with Crippen molar-refractivity contribution in [3.8, 4) is 5.75 Å². The van der Waals surface area contributed by atoms with Crippen molar-refractivity contribution in [2.75, 3.05) is 18.5 Å². The van der Waals surface area contributed by atoms with Gasteiger partial charge < -0.3 is 14.8 Å². The third-order valence-corrected chi connectivity index (χ3v) is 4.34. The maximum absolute atomic E-state index is 13.2. The Morgan fingerprint density at radius 3 is 2.92 bits per heavy atom. The van der Waals surface area contributed by atoms with Gasteiger partial charge in [-0.2, -0.15) is 0 Å². The molecule has 0 spiro atoms. The van der Waals surface area contributed by atoms with Crippen LogP contribution in [0.25, 0.3) is 0 Å². The van der Waals surface area contributed by atoms with Crippen molar-refractivity contribution >= 4 is 27.5 Å². The summed E-state index contributed by atoms with van der Waals surface area (Å²) in [5, 5.41) is 2.66. The van der Waals surface area contributed by atoms with Gasteiger partial charge in [0.25, 0.3) is 5.91 Å². The number of amides is 1. The van der Waals surface area contributed by atoms with Gasteiger partial charge >= 0.3 is 0 Å². The van der Waals surface area contributed by atoms with Gasteiger partial charge in [0.15, 0.2) is 0 Å². The average Bonchev–Trinajstić information content (AvgIpc) is 3.07. The van der Waals surface area contributed by atoms with E-state index in [1.54, 1.807) is 30.3 Å². The molecule has 2 aromatic carbocycles. The molecule has 1 amide bonds. The van der Waals surface area contributed by atoms with Crippen LogP contribution in [-0.4, -0.2) is 25.2 Å². The minimum absolute atomic E-state index is 0.132. The number of carbonyl (C=O) groups excluding carboxylic acids is 1. The molecule has 0 aliphatic carbocycles. The van der Waals surface area contributed by atoms with E-state index in [9.17, 15) is 9.18 Å². The molecule has 1 unspecified atom stereocenters. The molecule has 4 nitrogen and oxygen atoms in total. The normalized spacial score (nSPS) is 16.8. The quantitative estimate of drug-likeness (QED) is 0.818. The Balaban J connectivity index is 1.63. The fourth-order valence-corrected chi connectivity index (χ4v) is 2.98. The number of benzene rings is 2. The molecule has 0 saturated carbocycles. The number of ether oxygens (including phenoxy) is 2. The molecule has 126 valence electrons. The van der Waals surface area contributed by atoms with Crippen molar-refractivity contribution in [2.45, 2.75) is 18.9 Å². The third kappa shape index (κ3) is 4.33. The van der Waals surface area contributed by atoms with Gasteiger partial charge in [-0.15, -0.1) is 0 Å². The number of hydrogen-bond acceptors (Lipinski definition) is 3. The van der Waals surface area contributed by atoms with Crippen LogP contribution in [0.4, 0.5) is 10.1 Å². The molecular weight excluding hydrogens is 377 g/mol. The van der Waals surface area contributed by atoms with Crippen LogP contribution in [0.15, 0.2) is 46.9 Å². The monoisotopic (exact) mass is 393 g/mol. The van der Waals surface area contributed by atoms with Gasteiger partial charge in [-0.1, -0.05) is 6.07 Å². The van der Waals surface area contributed by atoms with Crippen LogP contribution in [0, 0.1) is 5.82 Å². The molecule has 1 heterocycles. The molecule has 0 aromatic heterocycles. The first kappa shape index (κ1) is 16.9. The van der Waals surface area contributed by atoms with Gasteiger partial charge in [0, 0.05) is 17.9 Å². The second-order valence-electron chi connectivity index (χ2n) is 5.56. The number of carbonyl (C=O) groups is 1. The molecule has 1 aliphatic heterocycles. The van der Waals surface area contributed by atoms with E-state index in [4.69, 9.17) is 9.47 Å². The highest BCUT2D eigenvalue weighted by Crippen LogP contribution is 2.27. The maximum Gasteiger partial charge on any atom is 0.255 e. The summed E-state index contributed by atoms with van der Waals surface area (Å²) in [6.07, 6.45) is 2.20. The number of nitrogens with one attached hydrogen (secondary N) is 1. The van der Waals surface area contributed by atoms with Crippen LogP contribution in [0.3, 0.4) is 0 Å². The largest absolute Gasteiger partial charge is 0.490 e. The summed E-state index contributed by atoms with van der Waals surface area (Å²) in [6.45, 7) is 1.28. The van der Waals surface area contributed by atoms with Crippen molar-refractivity contribution in [1.82, 2.24) is 0 Å². The summed E-state index contributed by atoms with van der Waals surface area (Å²) in [6, 6.07) is 10.9. The molecule has 1 saturated heterocycles. The maximum atomic E-state index is 13.2. The predicted molar refractivity (Wildman–Crippen MR) is 93.0 cm³/mol. The SMILES string of the molecule is O=C(Nc1cccc(F)c1)c1ccc(OCC2CCCO2)c(Br)c1. The number of rotatable bonds is 5. The van der Waals surface area contributed by atoms with Crippen LogP contribution in [0.2, 0.25) is 0 Å². The lowest BCUT2D eigenvalue weighted by Gasteiger charge is -2.13. The Labute approximate surface area is 148 Å². The Bertz CT molecular complexity index is 732. The lowest BCUT2D eigenvalue weighted by molar-refractivity contribution is 0.0677. The van der Waals surface area contributed by atoms with Crippen molar-refractivity contribution in [1.29, 1.82) is 0 Å². The van der Waals surface area contributed by atoms with Crippen LogP contribution in [0.1, 0.15) is 23.2 Å². The van der Waals surface area contributed by atoms with E-state index in [1.165, 1.54) is 12.1 Å². The first-order valence-electron chi connectivity index (χ1n) is 7.73. The molecule has 0 radical (unpaired) electrons. The van der Waals surface area contributed by atoms with Crippen molar-refractivity contribution in [3.05, 3.63) is 58.3 Å². The third-order valence-electron chi connectivity index (χ3n) is 3.73. The van der Waals surface area contributed by atoms with Crippen LogP contribution >= 0.6 is 15.9 Å². The first-order chi connectivity index (χ1) is 11.6. The number of anilines is 1. The van der Waals surface area contributed by atoms with E-state index < -0.39 is 5.82 Å². The second-order valence-corrected chi connectivity index (χ2v) is 6.41. The van der Waals surface area contributed by atoms with Crippen molar-refractivity contribution in [2.24, 2.45) is 0 Å². The highest BCUT2D eigenvalue weighted by molar-refractivity contribution is 9.10. The van der Waals surface area contributed by atoms with Gasteiger partial charge in [0.1, 0.15) is 18.2 Å². The summed E-state index contributed by atoms with van der Waals surface area (Å²) in [5.74, 6) is -0.0494. The molecule has 1 fully saturated rings. The first-order valence-corrected chi connectivity index (χ1v) is 8.52. The number of halogens is 2. The molecule has 24 heavy (non-hydrogen) atoms. The van der Waals surface area contributed by atoms with E-state index in [2.05, 4.69) is 21.2 Å². The molecule has 1 aliphatic rings. The topological polar surface area (TPSA) is 47.6 Å². The van der Waals surface area contributed by atoms with Gasteiger partial charge in [0.2, 0.25) is 0 Å². The lowest BCUT2D eigenvalue weighted by atomic mass is 10.2. The van der Waals surface area contributed by atoms with Gasteiger partial charge in [-0.05, 0) is 65.2 Å². The van der Waals surface area contributed by atoms with Crippen LogP contribution in [0.5, 0.6) is 5.75 Å². The Kier molecular flexibility index (Phi) is 5.48. The second kappa shape index (κ2) is 7.77. The van der Waals surface area contributed by atoms with Crippen LogP contribution in [-0.2, 0) is 4.74 Å². The molecule has 0 bridgehead atoms. The Morgan fingerprint density at radius 2 is 2.21 bits per heavy atom. The van der Waals surface area contributed by atoms with E-state index in [-0.39, 0.29) is 12.0 Å². The minimum atomic E-state index is -0.396. The summed E-state index contributed by atoms with van der Waals surface area (Å²) in [7, 11) is 0. The zero-order valence-electron chi connectivity index (χ0n) is 12.9. The van der Waals surface area contributed by atoms with E-state index >= 15 is 0 Å². The van der Waals surface area contributed by atoms with E-state index in [0.717, 1.165) is 19.4 Å². The predicted octanol–water partition coefficient (Wildman–Crippen LogP) is 4.40. The van der Waals surface area contributed by atoms with Gasteiger partial charge in [-0.25, -0.2) is 4.39 Å². The fraction of sp³-hybridized carbons (Fsp3) is 0.278. The zero-order chi connectivity index (χ0) is 16.9. The van der Waals surface area contributed by atoms with Gasteiger partial charge in [0.05, 0.1) is 10.6 Å². The minimum Gasteiger partial charge on any atom is -0.490 e. The highest BCUT2D eigenvalue weighted by Gasteiger charge is 2.17. The van der Waals surface area contributed by atoms with Crippen molar-refractivity contribution in [3.63, 3.8) is 0 Å². The van der Waals surface area contributed by atoms with Gasteiger partial charge in [-0.3, -0.25) is 4.79 Å². The molecule has 1 atom stereocenters. The molecule has 6 heteroatoms. The summed E-state index contributed by atoms with van der Waals surface area (Å²) < 4.78 is 25.1. The van der Waals surface area contributed by atoms with E-state index in [0.29, 0.717) is 28.1 Å². The summed E-state index contributed by atoms with van der Waals surface area (Å²) in [4.78, 5) is 12.2. The molecule has 1 N–H and O–H groups in total. The Morgan fingerprint density at radius 1 is 1.33 bits per heavy atom. The summed E-state index contributed by atoms with van der Waals surface area (Å²) >= 11 is 3.42. The molecule has 3 rings (SSSR count). The standard InChI is InChI=1S/C18H17BrFNO3/c19-16-9-12(18(22)21-14-4-1-3-13(20)10-14)6-7-17(16)24-11-15-5-2-8-23-15/h1,3-4,6-7,9-10,15H,2,5,8,11H2,(H,21,22). The van der Waals surface area contributed by atoms with Crippen molar-refractivity contribution < 1.29 is 18.7 Å². The molecular formula is C18H17BrFNO3. The summed E-state index contributed by atoms with van der Waals surface area (Å²) in [5.41, 5.74) is 0.866. The Hall–Kier alpha value is -1.92. The molecule has 2 aromatic rings. The van der Waals surface area contributed by atoms with Crippen LogP contribution < -0.4 is 10.1 Å². The fourth-order valence-electron chi connectivity index (χ4n) is 2.49. The average molecular weight is 394 g/mol. The highest BCUT2D eigenvalue weighted by atomic mass is 79.9. The zero-order valence-corrected chi connectivity index (χ0v) is 14.5. The lowest BCUT2D eigenvalue weighted by Crippen LogP contribution is -2.16.